The van der Waals surface area contributed by atoms with Crippen LogP contribution in [0.2, 0.25) is 0 Å². The number of benzene rings is 2. The van der Waals surface area contributed by atoms with E-state index in [0.717, 1.165) is 0 Å². The van der Waals surface area contributed by atoms with E-state index in [0.29, 0.717) is 17.0 Å². The number of hydrogen-bond acceptors (Lipinski definition) is 6. The lowest BCUT2D eigenvalue weighted by atomic mass is 10.1. The maximum Gasteiger partial charge on any atom is 0.291 e. The third-order valence-corrected chi connectivity index (χ3v) is 3.95. The van der Waals surface area contributed by atoms with E-state index in [-0.39, 0.29) is 17.0 Å². The van der Waals surface area contributed by atoms with Crippen LogP contribution in [-0.4, -0.2) is 22.4 Å². The Bertz CT molecular complexity index is 1090. The van der Waals surface area contributed by atoms with Crippen LogP contribution in [0.1, 0.15) is 33.4 Å². The van der Waals surface area contributed by atoms with E-state index < -0.39 is 16.7 Å². The molecular weight excluding hydrogens is 376 g/mol. The van der Waals surface area contributed by atoms with Gasteiger partial charge in [-0.1, -0.05) is 24.3 Å². The molecule has 3 rings (SSSR count). The second-order valence-corrected chi connectivity index (χ2v) is 5.92. The van der Waals surface area contributed by atoms with Gasteiger partial charge >= 0.3 is 0 Å². The summed E-state index contributed by atoms with van der Waals surface area (Å²) < 4.78 is 5.05. The Morgan fingerprint density at radius 1 is 1.03 bits per heavy atom. The van der Waals surface area contributed by atoms with Crippen LogP contribution in [0, 0.1) is 10.1 Å². The molecule has 0 atom stereocenters. The van der Waals surface area contributed by atoms with E-state index in [4.69, 9.17) is 4.42 Å². The molecule has 9 nitrogen and oxygen atoms in total. The number of para-hydroxylation sites is 1. The zero-order chi connectivity index (χ0) is 20.8. The molecule has 0 aliphatic rings. The highest BCUT2D eigenvalue weighted by Crippen LogP contribution is 2.17. The summed E-state index contributed by atoms with van der Waals surface area (Å²) in [5.41, 5.74) is 3.53. The Balaban J connectivity index is 1.72. The minimum atomic E-state index is -0.695. The van der Waals surface area contributed by atoms with E-state index in [2.05, 4.69) is 15.8 Å². The summed E-state index contributed by atoms with van der Waals surface area (Å²) >= 11 is 0. The second-order valence-electron chi connectivity index (χ2n) is 5.92. The first-order chi connectivity index (χ1) is 14.0. The number of carbonyl (C=O) groups excluding carboxylic acids is 2. The fourth-order valence-corrected chi connectivity index (χ4v) is 2.51. The van der Waals surface area contributed by atoms with Crippen molar-refractivity contribution in [2.24, 2.45) is 5.10 Å². The van der Waals surface area contributed by atoms with E-state index in [1.54, 1.807) is 43.3 Å². The van der Waals surface area contributed by atoms with Gasteiger partial charge in [-0.05, 0) is 42.8 Å². The zero-order valence-corrected chi connectivity index (χ0v) is 15.3. The zero-order valence-electron chi connectivity index (χ0n) is 15.3. The molecule has 0 saturated carbocycles. The number of nitrogens with one attached hydrogen (secondary N) is 2. The molecule has 0 radical (unpaired) electrons. The Kier molecular flexibility index (Phi) is 5.79. The quantitative estimate of drug-likeness (QED) is 0.376. The number of furan rings is 1. The van der Waals surface area contributed by atoms with Gasteiger partial charge < -0.3 is 9.73 Å². The van der Waals surface area contributed by atoms with Crippen LogP contribution in [0.4, 0.5) is 11.4 Å². The molecule has 2 amide bonds. The van der Waals surface area contributed by atoms with Crippen LogP contribution >= 0.6 is 0 Å². The standard InChI is InChI=1S/C20H16N4O5/c1-13(22-23-19(25)16-8-2-3-9-17(16)24(27)28)14-6-4-7-15(12-14)21-20(26)18-10-5-11-29-18/h2-12H,1H3,(H,21,26)(H,23,25). The lowest BCUT2D eigenvalue weighted by Crippen LogP contribution is -2.20. The van der Waals surface area contributed by atoms with Crippen LogP contribution in [-0.2, 0) is 0 Å². The topological polar surface area (TPSA) is 127 Å². The number of hydrogen-bond donors (Lipinski definition) is 2. The normalized spacial score (nSPS) is 11.0. The monoisotopic (exact) mass is 392 g/mol. The van der Waals surface area contributed by atoms with E-state index in [9.17, 15) is 19.7 Å². The van der Waals surface area contributed by atoms with E-state index in [1.165, 1.54) is 30.5 Å². The van der Waals surface area contributed by atoms with Gasteiger partial charge in [-0.2, -0.15) is 5.10 Å². The van der Waals surface area contributed by atoms with Crippen LogP contribution in [0.3, 0.4) is 0 Å². The average Bonchev–Trinajstić information content (AvgIpc) is 3.27. The summed E-state index contributed by atoms with van der Waals surface area (Å²) in [7, 11) is 0. The molecule has 2 aromatic carbocycles. The summed E-state index contributed by atoms with van der Waals surface area (Å²) in [5.74, 6) is -0.914. The number of rotatable bonds is 6. The van der Waals surface area contributed by atoms with Gasteiger partial charge in [-0.3, -0.25) is 19.7 Å². The molecule has 2 N–H and O–H groups in total. The Morgan fingerprint density at radius 2 is 1.83 bits per heavy atom. The number of hydrazone groups is 1. The van der Waals surface area contributed by atoms with E-state index >= 15 is 0 Å². The number of nitrogens with zero attached hydrogens (tertiary/aromatic N) is 2. The SMILES string of the molecule is CC(=NNC(=O)c1ccccc1[N+](=O)[O-])c1cccc(NC(=O)c2ccco2)c1. The molecule has 146 valence electrons. The van der Waals surface area contributed by atoms with Crippen molar-refractivity contribution in [2.45, 2.75) is 6.92 Å². The van der Waals surface area contributed by atoms with Crippen molar-refractivity contribution in [1.82, 2.24) is 5.43 Å². The highest BCUT2D eigenvalue weighted by molar-refractivity contribution is 6.05. The van der Waals surface area contributed by atoms with Gasteiger partial charge in [-0.15, -0.1) is 0 Å². The predicted molar refractivity (Wildman–Crippen MR) is 106 cm³/mol. The molecule has 0 aliphatic carbocycles. The molecule has 9 heteroatoms. The molecule has 0 saturated heterocycles. The Morgan fingerprint density at radius 3 is 2.55 bits per heavy atom. The van der Waals surface area contributed by atoms with Crippen molar-refractivity contribution in [3.8, 4) is 0 Å². The van der Waals surface area contributed by atoms with Crippen molar-refractivity contribution in [2.75, 3.05) is 5.32 Å². The largest absolute Gasteiger partial charge is 0.459 e. The molecule has 1 heterocycles. The van der Waals surface area contributed by atoms with Gasteiger partial charge in [0.25, 0.3) is 17.5 Å². The van der Waals surface area contributed by atoms with Gasteiger partial charge in [0.1, 0.15) is 5.56 Å². The lowest BCUT2D eigenvalue weighted by Gasteiger charge is -2.07. The third-order valence-electron chi connectivity index (χ3n) is 3.95. The molecule has 0 fully saturated rings. The highest BCUT2D eigenvalue weighted by Gasteiger charge is 2.18. The second kappa shape index (κ2) is 8.61. The van der Waals surface area contributed by atoms with Crippen LogP contribution in [0.15, 0.2) is 76.4 Å². The third kappa shape index (κ3) is 4.72. The van der Waals surface area contributed by atoms with Crippen LogP contribution in [0.25, 0.3) is 0 Å². The Hall–Kier alpha value is -4.27. The minimum Gasteiger partial charge on any atom is -0.459 e. The molecule has 0 bridgehead atoms. The lowest BCUT2D eigenvalue weighted by molar-refractivity contribution is -0.385. The first-order valence-electron chi connectivity index (χ1n) is 8.49. The summed E-state index contributed by atoms with van der Waals surface area (Å²) in [4.78, 5) is 34.7. The molecule has 29 heavy (non-hydrogen) atoms. The number of carbonyl (C=O) groups is 2. The minimum absolute atomic E-state index is 0.0893. The van der Waals surface area contributed by atoms with Crippen molar-refractivity contribution < 1.29 is 18.9 Å². The first kappa shape index (κ1) is 19.5. The predicted octanol–water partition coefficient (Wildman–Crippen LogP) is 3.59. The fourth-order valence-electron chi connectivity index (χ4n) is 2.51. The molecular formula is C20H16N4O5. The van der Waals surface area contributed by atoms with Gasteiger partial charge in [0.05, 0.1) is 16.9 Å². The van der Waals surface area contributed by atoms with Gasteiger partial charge in [0.15, 0.2) is 5.76 Å². The van der Waals surface area contributed by atoms with Crippen molar-refractivity contribution in [3.05, 3.63) is 93.9 Å². The van der Waals surface area contributed by atoms with Gasteiger partial charge in [0.2, 0.25) is 0 Å². The molecule has 0 spiro atoms. The molecule has 1 aromatic heterocycles. The molecule has 0 aliphatic heterocycles. The Labute approximate surface area is 165 Å². The smallest absolute Gasteiger partial charge is 0.291 e. The maximum absolute atomic E-state index is 12.3. The summed E-state index contributed by atoms with van der Waals surface area (Å²) in [6, 6.07) is 15.6. The summed E-state index contributed by atoms with van der Waals surface area (Å²) in [6.07, 6.45) is 1.40. The number of amides is 2. The van der Waals surface area contributed by atoms with Crippen LogP contribution < -0.4 is 10.7 Å². The van der Waals surface area contributed by atoms with Crippen molar-refractivity contribution in [1.29, 1.82) is 0 Å². The molecule has 3 aromatic rings. The summed E-state index contributed by atoms with van der Waals surface area (Å²) in [5, 5.41) is 17.8. The van der Waals surface area contributed by atoms with Gasteiger partial charge in [-0.25, -0.2) is 5.43 Å². The van der Waals surface area contributed by atoms with Crippen molar-refractivity contribution in [3.63, 3.8) is 0 Å². The van der Waals surface area contributed by atoms with Crippen LogP contribution in [0.5, 0.6) is 0 Å². The van der Waals surface area contributed by atoms with E-state index in [1.807, 2.05) is 0 Å². The number of nitro benzene ring substituents is 1. The number of anilines is 1. The molecule has 0 unspecified atom stereocenters. The summed E-state index contributed by atoms with van der Waals surface area (Å²) in [6.45, 7) is 1.66. The highest BCUT2D eigenvalue weighted by atomic mass is 16.6. The average molecular weight is 392 g/mol. The first-order valence-corrected chi connectivity index (χ1v) is 8.49. The van der Waals surface area contributed by atoms with Gasteiger partial charge in [0, 0.05) is 11.8 Å². The van der Waals surface area contributed by atoms with Crippen molar-refractivity contribution >= 4 is 28.9 Å². The fraction of sp³-hybridized carbons (Fsp3) is 0.0500. The number of nitro groups is 1. The maximum atomic E-state index is 12.3.